The molecule has 0 saturated carbocycles. The quantitative estimate of drug-likeness (QED) is 0.641. The van der Waals surface area contributed by atoms with Crippen molar-refractivity contribution in [2.24, 2.45) is 5.41 Å². The monoisotopic (exact) mass is 415 g/mol. The third-order valence-corrected chi connectivity index (χ3v) is 5.42. The molecule has 9 nitrogen and oxygen atoms in total. The van der Waals surface area contributed by atoms with Crippen LogP contribution in [0, 0.1) is 28.1 Å². The highest BCUT2D eigenvalue weighted by Crippen LogP contribution is 2.54. The van der Waals surface area contributed by atoms with Crippen LogP contribution in [0.25, 0.3) is 0 Å². The number of rotatable bonds is 7. The van der Waals surface area contributed by atoms with Gasteiger partial charge in [0.05, 0.1) is 35.1 Å². The van der Waals surface area contributed by atoms with Gasteiger partial charge < -0.3 is 24.6 Å². The van der Waals surface area contributed by atoms with Gasteiger partial charge in [-0.2, -0.15) is 10.5 Å². The predicted octanol–water partition coefficient (Wildman–Crippen LogP) is 2.89. The third-order valence-electron chi connectivity index (χ3n) is 5.42. The molecule has 0 spiro atoms. The minimum Gasteiger partial charge on any atom is -0.489 e. The second kappa shape index (κ2) is 8.91. The van der Waals surface area contributed by atoms with Gasteiger partial charge in [0.25, 0.3) is 0 Å². The van der Waals surface area contributed by atoms with E-state index in [9.17, 15) is 25.1 Å². The van der Waals surface area contributed by atoms with Crippen LogP contribution in [0.3, 0.4) is 0 Å². The minimum absolute atomic E-state index is 0.0819. The number of nitriles is 2. The van der Waals surface area contributed by atoms with E-state index >= 15 is 0 Å². The molecule has 1 atom stereocenters. The molecule has 2 aliphatic rings. The Morgan fingerprint density at radius 3 is 2.07 bits per heavy atom. The lowest BCUT2D eigenvalue weighted by Crippen LogP contribution is -2.46. The van der Waals surface area contributed by atoms with Crippen LogP contribution in [0.2, 0.25) is 0 Å². The van der Waals surface area contributed by atoms with Crippen molar-refractivity contribution in [3.8, 4) is 12.1 Å². The molecule has 9 heteroatoms. The largest absolute Gasteiger partial charge is 0.489 e. The van der Waals surface area contributed by atoms with Crippen LogP contribution >= 0.6 is 0 Å². The molecule has 0 amide bonds. The number of nitrogens with zero attached hydrogens (tertiary/aromatic N) is 3. The Labute approximate surface area is 175 Å². The molecular formula is C21H25N3O6. The van der Waals surface area contributed by atoms with Gasteiger partial charge in [-0.05, 0) is 34.1 Å². The van der Waals surface area contributed by atoms with E-state index in [4.69, 9.17) is 14.7 Å². The molecule has 0 aromatic heterocycles. The maximum Gasteiger partial charge on any atom is 0.334 e. The molecule has 160 valence electrons. The molecular weight excluding hydrogens is 390 g/mol. The average Bonchev–Trinajstić information content (AvgIpc) is 2.65. The number of carboxylic acids is 2. The summed E-state index contributed by atoms with van der Waals surface area (Å²) in [5.41, 5.74) is -1.46. The fourth-order valence-corrected chi connectivity index (χ4v) is 4.39. The fourth-order valence-electron chi connectivity index (χ4n) is 4.39. The molecule has 0 aromatic rings. The van der Waals surface area contributed by atoms with Gasteiger partial charge in [-0.15, -0.1) is 0 Å². The Morgan fingerprint density at radius 1 is 1.10 bits per heavy atom. The van der Waals surface area contributed by atoms with E-state index in [0.29, 0.717) is 11.4 Å². The molecule has 0 aliphatic carbocycles. The Balaban J connectivity index is 2.94. The summed E-state index contributed by atoms with van der Waals surface area (Å²) in [5.74, 6) is -2.25. The van der Waals surface area contributed by atoms with Gasteiger partial charge in [0.1, 0.15) is 24.2 Å². The summed E-state index contributed by atoms with van der Waals surface area (Å²) in [7, 11) is 0. The maximum absolute atomic E-state index is 12.5. The molecule has 2 aliphatic heterocycles. The number of allylic oxidation sites excluding steroid dienone is 4. The Morgan fingerprint density at radius 2 is 1.63 bits per heavy atom. The Bertz CT molecular complexity index is 893. The molecule has 2 rings (SSSR count). The zero-order valence-electron chi connectivity index (χ0n) is 17.5. The minimum atomic E-state index is -1.70. The summed E-state index contributed by atoms with van der Waals surface area (Å²) in [6.07, 6.45) is -0.396. The second-order valence-electron chi connectivity index (χ2n) is 7.28. The summed E-state index contributed by atoms with van der Waals surface area (Å²) in [6.45, 7) is 6.80. The summed E-state index contributed by atoms with van der Waals surface area (Å²) in [6, 6.07) is 3.99. The number of ether oxygens (including phenoxy) is 2. The van der Waals surface area contributed by atoms with Crippen molar-refractivity contribution in [3.63, 3.8) is 0 Å². The normalized spacial score (nSPS) is 20.9. The van der Waals surface area contributed by atoms with Crippen LogP contribution in [0.5, 0.6) is 0 Å². The average molecular weight is 415 g/mol. The lowest BCUT2D eigenvalue weighted by molar-refractivity contribution is -0.136. The second-order valence-corrected chi connectivity index (χ2v) is 7.28. The first-order valence-electron chi connectivity index (χ1n) is 9.55. The first-order chi connectivity index (χ1) is 14.1. The van der Waals surface area contributed by atoms with E-state index in [2.05, 4.69) is 0 Å². The highest BCUT2D eigenvalue weighted by atomic mass is 16.6. The molecule has 2 heterocycles. The Hall–Kier alpha value is -3.46. The number of hydrogen-bond acceptors (Lipinski definition) is 7. The van der Waals surface area contributed by atoms with Crippen molar-refractivity contribution in [1.82, 2.24) is 4.90 Å². The fraction of sp³-hybridized carbons (Fsp3) is 0.524. The molecule has 30 heavy (non-hydrogen) atoms. The molecule has 0 aromatic carbocycles. The molecule has 2 N–H and O–H groups in total. The highest BCUT2D eigenvalue weighted by molar-refractivity contribution is 5.99. The van der Waals surface area contributed by atoms with Crippen molar-refractivity contribution in [2.75, 3.05) is 13.2 Å². The van der Waals surface area contributed by atoms with Crippen molar-refractivity contribution in [2.45, 2.75) is 53.1 Å². The van der Waals surface area contributed by atoms with E-state index < -0.39 is 17.4 Å². The van der Waals surface area contributed by atoms with E-state index in [1.54, 1.807) is 27.7 Å². The number of hydrogen-bond donors (Lipinski definition) is 2. The van der Waals surface area contributed by atoms with Crippen LogP contribution in [-0.4, -0.2) is 46.3 Å². The first kappa shape index (κ1) is 22.8. The van der Waals surface area contributed by atoms with Gasteiger partial charge in [-0.1, -0.05) is 0 Å². The zero-order chi connectivity index (χ0) is 22.6. The van der Waals surface area contributed by atoms with Crippen molar-refractivity contribution < 1.29 is 29.3 Å². The zero-order valence-corrected chi connectivity index (χ0v) is 17.5. The summed E-state index contributed by atoms with van der Waals surface area (Å²) in [5, 5.41) is 38.6. The SMILES string of the molecule is CC1=C(C2(CCC#N)C(C(=O)O)=C(C)N(CCC#N)C(C)=C2C(=O)O)OCC(C)O1. The first-order valence-corrected chi connectivity index (χ1v) is 9.55. The molecule has 0 fully saturated rings. The van der Waals surface area contributed by atoms with Gasteiger partial charge in [0.2, 0.25) is 0 Å². The van der Waals surface area contributed by atoms with E-state index in [1.807, 2.05) is 12.1 Å². The van der Waals surface area contributed by atoms with Crippen molar-refractivity contribution in [1.29, 1.82) is 10.5 Å². The van der Waals surface area contributed by atoms with Crippen molar-refractivity contribution >= 4 is 11.9 Å². The van der Waals surface area contributed by atoms with E-state index in [1.165, 1.54) is 4.90 Å². The standard InChI is InChI=1S/C21H25N3O6/c1-12-11-29-18(15(4)30-12)21(7-5-8-22)16(19(25)26)13(2)24(10-6-9-23)14(3)17(21)20(27)28/h12H,5-7,10-11H2,1-4H3,(H,25,26)(H,27,28). The summed E-state index contributed by atoms with van der Waals surface area (Å²) in [4.78, 5) is 26.5. The van der Waals surface area contributed by atoms with Gasteiger partial charge >= 0.3 is 11.9 Å². The summed E-state index contributed by atoms with van der Waals surface area (Å²) >= 11 is 0. The van der Waals surface area contributed by atoms with Crippen molar-refractivity contribution in [3.05, 3.63) is 34.1 Å². The predicted molar refractivity (Wildman–Crippen MR) is 104 cm³/mol. The van der Waals surface area contributed by atoms with E-state index in [0.717, 1.165) is 0 Å². The molecule has 1 unspecified atom stereocenters. The lowest BCUT2D eigenvalue weighted by Gasteiger charge is -2.46. The highest BCUT2D eigenvalue weighted by Gasteiger charge is 2.55. The smallest absolute Gasteiger partial charge is 0.334 e. The van der Waals surface area contributed by atoms with Crippen LogP contribution in [0.15, 0.2) is 34.1 Å². The van der Waals surface area contributed by atoms with Gasteiger partial charge in [-0.25, -0.2) is 9.59 Å². The van der Waals surface area contributed by atoms with Gasteiger partial charge in [0.15, 0.2) is 0 Å². The molecule has 0 bridgehead atoms. The third kappa shape index (κ3) is 3.71. The van der Waals surface area contributed by atoms with Crippen LogP contribution in [0.4, 0.5) is 0 Å². The molecule has 0 saturated heterocycles. The number of carboxylic acid groups (broad SMARTS) is 2. The van der Waals surface area contributed by atoms with E-state index in [-0.39, 0.29) is 61.2 Å². The van der Waals surface area contributed by atoms with Crippen LogP contribution < -0.4 is 0 Å². The lowest BCUT2D eigenvalue weighted by atomic mass is 9.65. The number of aliphatic carboxylic acids is 2. The number of carbonyl (C=O) groups is 2. The van der Waals surface area contributed by atoms with Gasteiger partial charge in [-0.3, -0.25) is 0 Å². The van der Waals surface area contributed by atoms with Crippen LogP contribution in [-0.2, 0) is 19.1 Å². The Kier molecular flexibility index (Phi) is 6.78. The summed E-state index contributed by atoms with van der Waals surface area (Å²) < 4.78 is 11.7. The maximum atomic E-state index is 12.5. The van der Waals surface area contributed by atoms with Crippen LogP contribution in [0.1, 0.15) is 47.0 Å². The molecule has 0 radical (unpaired) electrons. The topological polar surface area (TPSA) is 144 Å². The van der Waals surface area contributed by atoms with Gasteiger partial charge in [0, 0.05) is 24.4 Å².